The highest BCUT2D eigenvalue weighted by Crippen LogP contribution is 2.37. The Morgan fingerprint density at radius 2 is 1.93 bits per heavy atom. The predicted molar refractivity (Wildman–Crippen MR) is 110 cm³/mol. The van der Waals surface area contributed by atoms with Gasteiger partial charge in [-0.3, -0.25) is 9.59 Å². The number of carbonyl (C=O) groups excluding carboxylic acids is 3. The minimum absolute atomic E-state index is 0.0972. The summed E-state index contributed by atoms with van der Waals surface area (Å²) in [5.74, 6) is -0.795. The van der Waals surface area contributed by atoms with E-state index in [1.807, 2.05) is 31.2 Å². The summed E-state index contributed by atoms with van der Waals surface area (Å²) in [6.07, 6.45) is 1.62. The molecule has 1 aromatic carbocycles. The first-order chi connectivity index (χ1) is 14.4. The molecule has 0 spiro atoms. The smallest absolute Gasteiger partial charge is 0.336 e. The third-order valence-electron chi connectivity index (χ3n) is 5.14. The maximum Gasteiger partial charge on any atom is 0.336 e. The van der Waals surface area contributed by atoms with Crippen molar-refractivity contribution in [2.45, 2.75) is 39.7 Å². The maximum atomic E-state index is 12.9. The normalized spacial score (nSPS) is 16.6. The van der Waals surface area contributed by atoms with Gasteiger partial charge < -0.3 is 19.4 Å². The van der Waals surface area contributed by atoms with Crippen LogP contribution >= 0.6 is 0 Å². The molecule has 0 aliphatic carbocycles. The van der Waals surface area contributed by atoms with E-state index in [4.69, 9.17) is 9.15 Å². The second kappa shape index (κ2) is 9.43. The van der Waals surface area contributed by atoms with Crippen LogP contribution in [0.3, 0.4) is 0 Å². The van der Waals surface area contributed by atoms with Gasteiger partial charge in [-0.2, -0.15) is 0 Å². The molecule has 1 unspecified atom stereocenters. The van der Waals surface area contributed by atoms with Gasteiger partial charge in [0.25, 0.3) is 0 Å². The van der Waals surface area contributed by atoms with Gasteiger partial charge in [0.05, 0.1) is 25.0 Å². The quantitative estimate of drug-likeness (QED) is 0.709. The van der Waals surface area contributed by atoms with Crippen molar-refractivity contribution in [1.82, 2.24) is 10.2 Å². The first-order valence-corrected chi connectivity index (χ1v) is 9.94. The van der Waals surface area contributed by atoms with Crippen LogP contribution in [0.4, 0.5) is 0 Å². The number of aryl methyl sites for hydroxylation is 1. The van der Waals surface area contributed by atoms with E-state index in [0.29, 0.717) is 17.0 Å². The fraction of sp³-hybridized carbons (Fsp3) is 0.348. The SMILES string of the molecule is CCOC(=O)C1=C(C)N(CC(=O)NCc2ccco2)C(=O)CC1c1ccc(C)cc1. The van der Waals surface area contributed by atoms with Gasteiger partial charge in [0.15, 0.2) is 0 Å². The lowest BCUT2D eigenvalue weighted by atomic mass is 9.83. The highest BCUT2D eigenvalue weighted by atomic mass is 16.5. The molecule has 0 radical (unpaired) electrons. The zero-order valence-corrected chi connectivity index (χ0v) is 17.4. The fourth-order valence-corrected chi connectivity index (χ4v) is 3.56. The van der Waals surface area contributed by atoms with Crippen molar-refractivity contribution in [2.75, 3.05) is 13.2 Å². The van der Waals surface area contributed by atoms with Crippen molar-refractivity contribution in [1.29, 1.82) is 0 Å². The summed E-state index contributed by atoms with van der Waals surface area (Å²) >= 11 is 0. The lowest BCUT2D eigenvalue weighted by molar-refractivity contribution is -0.141. The first kappa shape index (κ1) is 21.4. The van der Waals surface area contributed by atoms with Gasteiger partial charge >= 0.3 is 5.97 Å². The van der Waals surface area contributed by atoms with Crippen molar-refractivity contribution in [3.05, 3.63) is 70.8 Å². The second-order valence-electron chi connectivity index (χ2n) is 7.22. The summed E-state index contributed by atoms with van der Waals surface area (Å²) in [7, 11) is 0. The Labute approximate surface area is 175 Å². The summed E-state index contributed by atoms with van der Waals surface area (Å²) in [5.41, 5.74) is 2.83. The number of ether oxygens (including phenoxy) is 1. The summed E-state index contributed by atoms with van der Waals surface area (Å²) < 4.78 is 10.5. The highest BCUT2D eigenvalue weighted by Gasteiger charge is 2.37. The molecule has 2 amide bonds. The lowest BCUT2D eigenvalue weighted by Crippen LogP contribution is -2.44. The van der Waals surface area contributed by atoms with E-state index >= 15 is 0 Å². The average Bonchev–Trinajstić information content (AvgIpc) is 3.23. The predicted octanol–water partition coefficient (Wildman–Crippen LogP) is 3.06. The van der Waals surface area contributed by atoms with Crippen LogP contribution in [-0.2, 0) is 25.7 Å². The third-order valence-corrected chi connectivity index (χ3v) is 5.14. The molecule has 1 aliphatic rings. The molecule has 7 nitrogen and oxygen atoms in total. The number of nitrogens with zero attached hydrogens (tertiary/aromatic N) is 1. The molecule has 0 saturated heterocycles. The van der Waals surface area contributed by atoms with E-state index in [1.54, 1.807) is 26.0 Å². The number of hydrogen-bond acceptors (Lipinski definition) is 5. The van der Waals surface area contributed by atoms with Gasteiger partial charge in [-0.05, 0) is 38.5 Å². The average molecular weight is 410 g/mol. The van der Waals surface area contributed by atoms with E-state index < -0.39 is 11.9 Å². The number of rotatable bonds is 7. The van der Waals surface area contributed by atoms with Gasteiger partial charge in [0.2, 0.25) is 11.8 Å². The molecule has 2 aromatic rings. The van der Waals surface area contributed by atoms with Gasteiger partial charge in [0, 0.05) is 18.0 Å². The molecule has 0 saturated carbocycles. The monoisotopic (exact) mass is 410 g/mol. The number of hydrogen-bond donors (Lipinski definition) is 1. The number of benzene rings is 1. The molecule has 2 heterocycles. The van der Waals surface area contributed by atoms with Crippen molar-refractivity contribution in [3.63, 3.8) is 0 Å². The van der Waals surface area contributed by atoms with E-state index in [1.165, 1.54) is 11.2 Å². The Hall–Kier alpha value is -3.35. The van der Waals surface area contributed by atoms with Crippen molar-refractivity contribution >= 4 is 17.8 Å². The van der Waals surface area contributed by atoms with Crippen LogP contribution in [0.15, 0.2) is 58.3 Å². The molecule has 158 valence electrons. The van der Waals surface area contributed by atoms with Crippen LogP contribution < -0.4 is 5.32 Å². The molecule has 0 fully saturated rings. The Balaban J connectivity index is 1.84. The van der Waals surface area contributed by atoms with E-state index in [-0.39, 0.29) is 37.9 Å². The molecule has 1 N–H and O–H groups in total. The fourth-order valence-electron chi connectivity index (χ4n) is 3.56. The Morgan fingerprint density at radius 3 is 2.57 bits per heavy atom. The van der Waals surface area contributed by atoms with Gasteiger partial charge in [-0.15, -0.1) is 0 Å². The van der Waals surface area contributed by atoms with Gasteiger partial charge in [-0.25, -0.2) is 4.79 Å². The summed E-state index contributed by atoms with van der Waals surface area (Å²) in [6.45, 7) is 5.69. The molecule has 0 bridgehead atoms. The molecule has 7 heteroatoms. The standard InChI is InChI=1S/C23H26N2O5/c1-4-29-23(28)22-16(3)25(14-20(26)24-13-18-6-5-11-30-18)21(27)12-19(22)17-9-7-15(2)8-10-17/h5-11,19H,4,12-14H2,1-3H3,(H,24,26). The van der Waals surface area contributed by atoms with Crippen LogP contribution in [0.25, 0.3) is 0 Å². The summed E-state index contributed by atoms with van der Waals surface area (Å²) in [6, 6.07) is 11.2. The topological polar surface area (TPSA) is 88.8 Å². The molecule has 3 rings (SSSR count). The maximum absolute atomic E-state index is 12.9. The molecular weight excluding hydrogens is 384 g/mol. The van der Waals surface area contributed by atoms with E-state index in [0.717, 1.165) is 11.1 Å². The van der Waals surface area contributed by atoms with Crippen LogP contribution in [0.2, 0.25) is 0 Å². The number of carbonyl (C=O) groups is 3. The van der Waals surface area contributed by atoms with Crippen LogP contribution in [0.5, 0.6) is 0 Å². The number of furan rings is 1. The van der Waals surface area contributed by atoms with Crippen molar-refractivity contribution in [3.8, 4) is 0 Å². The Morgan fingerprint density at radius 1 is 1.20 bits per heavy atom. The van der Waals surface area contributed by atoms with Gasteiger partial charge in [-0.1, -0.05) is 29.8 Å². The molecular formula is C23H26N2O5. The largest absolute Gasteiger partial charge is 0.467 e. The summed E-state index contributed by atoms with van der Waals surface area (Å²) in [4.78, 5) is 39.4. The second-order valence-corrected chi connectivity index (χ2v) is 7.22. The minimum Gasteiger partial charge on any atom is -0.467 e. The van der Waals surface area contributed by atoms with Gasteiger partial charge in [0.1, 0.15) is 12.3 Å². The van der Waals surface area contributed by atoms with Crippen molar-refractivity contribution in [2.24, 2.45) is 0 Å². The van der Waals surface area contributed by atoms with E-state index in [2.05, 4.69) is 5.32 Å². The lowest BCUT2D eigenvalue weighted by Gasteiger charge is -2.34. The minimum atomic E-state index is -0.464. The third kappa shape index (κ3) is 4.79. The molecule has 1 aliphatic heterocycles. The molecule has 1 atom stereocenters. The van der Waals surface area contributed by atoms with Crippen LogP contribution in [0.1, 0.15) is 43.1 Å². The Bertz CT molecular complexity index is 944. The van der Waals surface area contributed by atoms with Crippen LogP contribution in [0, 0.1) is 6.92 Å². The number of allylic oxidation sites excluding steroid dienone is 1. The number of nitrogens with one attached hydrogen (secondary N) is 1. The van der Waals surface area contributed by atoms with Crippen LogP contribution in [-0.4, -0.2) is 35.8 Å². The zero-order valence-electron chi connectivity index (χ0n) is 17.4. The number of esters is 1. The Kier molecular flexibility index (Phi) is 6.72. The highest BCUT2D eigenvalue weighted by molar-refractivity contribution is 5.97. The van der Waals surface area contributed by atoms with E-state index in [9.17, 15) is 14.4 Å². The van der Waals surface area contributed by atoms with Crippen molar-refractivity contribution < 1.29 is 23.5 Å². The zero-order chi connectivity index (χ0) is 21.7. The molecule has 1 aromatic heterocycles. The first-order valence-electron chi connectivity index (χ1n) is 9.94. The molecule has 30 heavy (non-hydrogen) atoms. The summed E-state index contributed by atoms with van der Waals surface area (Å²) in [5, 5.41) is 2.73. The number of amides is 2.